The van der Waals surface area contributed by atoms with Crippen molar-refractivity contribution in [2.24, 2.45) is 0 Å². The molecule has 3 amide bonds. The van der Waals surface area contributed by atoms with E-state index < -0.39 is 0 Å². The Labute approximate surface area is 162 Å². The first kappa shape index (κ1) is 18.9. The summed E-state index contributed by atoms with van der Waals surface area (Å²) in [6.07, 6.45) is 0.542. The number of benzene rings is 2. The van der Waals surface area contributed by atoms with E-state index in [1.165, 1.54) is 4.90 Å². The first-order valence-electron chi connectivity index (χ1n) is 8.55. The van der Waals surface area contributed by atoms with Crippen LogP contribution in [0.5, 0.6) is 0 Å². The van der Waals surface area contributed by atoms with Crippen molar-refractivity contribution < 1.29 is 14.4 Å². The Hall–Kier alpha value is -2.86. The highest BCUT2D eigenvalue weighted by atomic mass is 35.5. The summed E-state index contributed by atoms with van der Waals surface area (Å²) in [6.45, 7) is 0.235. The lowest BCUT2D eigenvalue weighted by Crippen LogP contribution is -2.28. The van der Waals surface area contributed by atoms with E-state index >= 15 is 0 Å². The number of amides is 3. The summed E-state index contributed by atoms with van der Waals surface area (Å²) in [7, 11) is 3.77. The topological polar surface area (TPSA) is 69.7 Å². The summed E-state index contributed by atoms with van der Waals surface area (Å²) in [4.78, 5) is 39.1. The highest BCUT2D eigenvalue weighted by molar-refractivity contribution is 6.31. The fraction of sp³-hybridized carbons (Fsp3) is 0.250. The standard InChI is InChI=1S/C20H20ClN3O3/c1-23(2)17-8-7-15(21)11-16(17)22-20(27)14-5-3-13(4-6-14)12-24-18(25)9-10-19(24)26/h3-8,11H,9-10,12H2,1-2H3,(H,22,27). The fourth-order valence-corrected chi connectivity index (χ4v) is 3.11. The van der Waals surface area contributed by atoms with E-state index in [0.717, 1.165) is 11.3 Å². The van der Waals surface area contributed by atoms with Crippen LogP contribution < -0.4 is 10.2 Å². The second-order valence-electron chi connectivity index (χ2n) is 6.58. The second kappa shape index (κ2) is 7.80. The highest BCUT2D eigenvalue weighted by Crippen LogP contribution is 2.28. The minimum atomic E-state index is -0.264. The van der Waals surface area contributed by atoms with E-state index in [0.29, 0.717) is 16.3 Å². The van der Waals surface area contributed by atoms with Gasteiger partial charge >= 0.3 is 0 Å². The maximum Gasteiger partial charge on any atom is 0.255 e. The molecule has 1 N–H and O–H groups in total. The molecule has 1 aliphatic heterocycles. The summed E-state index contributed by atoms with van der Waals surface area (Å²) < 4.78 is 0. The van der Waals surface area contributed by atoms with Gasteiger partial charge in [-0.2, -0.15) is 0 Å². The number of anilines is 2. The van der Waals surface area contributed by atoms with E-state index in [9.17, 15) is 14.4 Å². The number of imide groups is 1. The minimum Gasteiger partial charge on any atom is -0.376 e. The molecule has 1 fully saturated rings. The SMILES string of the molecule is CN(C)c1ccc(Cl)cc1NC(=O)c1ccc(CN2C(=O)CCC2=O)cc1. The Bertz CT molecular complexity index is 878. The fourth-order valence-electron chi connectivity index (χ4n) is 2.94. The molecule has 7 heteroatoms. The number of hydrogen-bond donors (Lipinski definition) is 1. The van der Waals surface area contributed by atoms with E-state index in [1.54, 1.807) is 36.4 Å². The normalized spacial score (nSPS) is 13.8. The molecular formula is C20H20ClN3O3. The molecule has 2 aromatic rings. The van der Waals surface area contributed by atoms with Crippen LogP contribution in [-0.2, 0) is 16.1 Å². The quantitative estimate of drug-likeness (QED) is 0.802. The van der Waals surface area contributed by atoms with Crippen LogP contribution >= 0.6 is 11.6 Å². The van der Waals surface area contributed by atoms with Crippen molar-refractivity contribution in [2.45, 2.75) is 19.4 Å². The Morgan fingerprint density at radius 3 is 2.30 bits per heavy atom. The smallest absolute Gasteiger partial charge is 0.255 e. The molecule has 0 radical (unpaired) electrons. The average Bonchev–Trinajstić information content (AvgIpc) is 2.94. The van der Waals surface area contributed by atoms with E-state index in [-0.39, 0.29) is 37.1 Å². The zero-order chi connectivity index (χ0) is 19.6. The molecule has 0 bridgehead atoms. The average molecular weight is 386 g/mol. The largest absolute Gasteiger partial charge is 0.376 e. The van der Waals surface area contributed by atoms with Gasteiger partial charge in [0.1, 0.15) is 0 Å². The summed E-state index contributed by atoms with van der Waals surface area (Å²) in [5.41, 5.74) is 2.74. The molecule has 1 aliphatic rings. The molecule has 1 saturated heterocycles. The Morgan fingerprint density at radius 2 is 1.70 bits per heavy atom. The van der Waals surface area contributed by atoms with Crippen molar-refractivity contribution in [3.8, 4) is 0 Å². The van der Waals surface area contributed by atoms with Crippen molar-refractivity contribution in [1.82, 2.24) is 4.90 Å². The van der Waals surface area contributed by atoms with Crippen molar-refractivity contribution in [2.75, 3.05) is 24.3 Å². The Balaban J connectivity index is 1.72. The number of nitrogens with zero attached hydrogens (tertiary/aromatic N) is 2. The maximum absolute atomic E-state index is 12.6. The van der Waals surface area contributed by atoms with Crippen LogP contribution in [-0.4, -0.2) is 36.7 Å². The van der Waals surface area contributed by atoms with Gasteiger partial charge in [-0.05, 0) is 35.9 Å². The maximum atomic E-state index is 12.6. The summed E-state index contributed by atoms with van der Waals surface area (Å²) in [6, 6.07) is 12.2. The van der Waals surface area contributed by atoms with Crippen molar-refractivity contribution in [1.29, 1.82) is 0 Å². The van der Waals surface area contributed by atoms with Gasteiger partial charge in [-0.25, -0.2) is 0 Å². The van der Waals surface area contributed by atoms with E-state index in [4.69, 9.17) is 11.6 Å². The molecule has 2 aromatic carbocycles. The summed E-state index contributed by atoms with van der Waals surface area (Å²) >= 11 is 6.05. The van der Waals surface area contributed by atoms with Gasteiger partial charge < -0.3 is 10.2 Å². The first-order chi connectivity index (χ1) is 12.8. The monoisotopic (exact) mass is 385 g/mol. The third-order valence-corrected chi connectivity index (χ3v) is 4.64. The third kappa shape index (κ3) is 4.28. The second-order valence-corrected chi connectivity index (χ2v) is 7.02. The minimum absolute atomic E-state index is 0.154. The van der Waals surface area contributed by atoms with Gasteiger partial charge in [-0.15, -0.1) is 0 Å². The van der Waals surface area contributed by atoms with E-state index in [2.05, 4.69) is 5.32 Å². The molecular weight excluding hydrogens is 366 g/mol. The van der Waals surface area contributed by atoms with Gasteiger partial charge in [-0.3, -0.25) is 19.3 Å². The number of carbonyl (C=O) groups is 3. The van der Waals surface area contributed by atoms with Crippen molar-refractivity contribution in [3.63, 3.8) is 0 Å². The zero-order valence-electron chi connectivity index (χ0n) is 15.2. The summed E-state index contributed by atoms with van der Waals surface area (Å²) in [5.74, 6) is -0.571. The van der Waals surface area contributed by atoms with Crippen LogP contribution in [0.2, 0.25) is 5.02 Å². The predicted octanol–water partition coefficient (Wildman–Crippen LogP) is 3.31. The Kier molecular flexibility index (Phi) is 5.46. The molecule has 27 heavy (non-hydrogen) atoms. The van der Waals surface area contributed by atoms with Gasteiger partial charge in [0.2, 0.25) is 11.8 Å². The Morgan fingerprint density at radius 1 is 1.07 bits per heavy atom. The van der Waals surface area contributed by atoms with Crippen LogP contribution in [0.15, 0.2) is 42.5 Å². The predicted molar refractivity (Wildman–Crippen MR) is 105 cm³/mol. The van der Waals surface area contributed by atoms with Gasteiger partial charge in [0.25, 0.3) is 5.91 Å². The lowest BCUT2D eigenvalue weighted by atomic mass is 10.1. The lowest BCUT2D eigenvalue weighted by molar-refractivity contribution is -0.139. The lowest BCUT2D eigenvalue weighted by Gasteiger charge is -2.18. The van der Waals surface area contributed by atoms with Crippen LogP contribution in [0, 0.1) is 0 Å². The molecule has 0 aliphatic carbocycles. The van der Waals surface area contributed by atoms with Crippen molar-refractivity contribution in [3.05, 3.63) is 58.6 Å². The zero-order valence-corrected chi connectivity index (χ0v) is 15.9. The third-order valence-electron chi connectivity index (χ3n) is 4.40. The number of rotatable bonds is 5. The molecule has 0 spiro atoms. The molecule has 1 heterocycles. The first-order valence-corrected chi connectivity index (χ1v) is 8.93. The molecule has 0 atom stereocenters. The van der Waals surface area contributed by atoms with Crippen molar-refractivity contribution >= 4 is 40.7 Å². The van der Waals surface area contributed by atoms with E-state index in [1.807, 2.05) is 25.1 Å². The molecule has 140 valence electrons. The number of carbonyl (C=O) groups excluding carboxylic acids is 3. The van der Waals surface area contributed by atoms with Gasteiger partial charge in [0, 0.05) is 37.5 Å². The van der Waals surface area contributed by atoms with Gasteiger partial charge in [0.05, 0.1) is 17.9 Å². The number of likely N-dealkylation sites (tertiary alicyclic amines) is 1. The van der Waals surface area contributed by atoms with Crippen LogP contribution in [0.1, 0.15) is 28.8 Å². The van der Waals surface area contributed by atoms with Crippen LogP contribution in [0.4, 0.5) is 11.4 Å². The number of nitrogens with one attached hydrogen (secondary N) is 1. The number of hydrogen-bond acceptors (Lipinski definition) is 4. The van der Waals surface area contributed by atoms with Gasteiger partial charge in [-0.1, -0.05) is 23.7 Å². The van der Waals surface area contributed by atoms with Crippen LogP contribution in [0.3, 0.4) is 0 Å². The highest BCUT2D eigenvalue weighted by Gasteiger charge is 2.28. The molecule has 6 nitrogen and oxygen atoms in total. The molecule has 0 unspecified atom stereocenters. The molecule has 0 saturated carbocycles. The summed E-state index contributed by atoms with van der Waals surface area (Å²) in [5, 5.41) is 3.41. The number of halogens is 1. The molecule has 3 rings (SSSR count). The molecule has 0 aromatic heterocycles. The van der Waals surface area contributed by atoms with Gasteiger partial charge in [0.15, 0.2) is 0 Å². The van der Waals surface area contributed by atoms with Crippen LogP contribution in [0.25, 0.3) is 0 Å².